The van der Waals surface area contributed by atoms with Crippen LogP contribution in [0.1, 0.15) is 58.8 Å². The molecule has 20 heavy (non-hydrogen) atoms. The fraction of sp³-hybridized carbons (Fsp3) is 1.00. The number of methoxy groups -OCH3 is 1. The lowest BCUT2D eigenvalue weighted by atomic mass is 9.83. The molecule has 1 fully saturated rings. The molecule has 1 rings (SSSR count). The molecule has 4 unspecified atom stereocenters. The Bertz CT molecular complexity index is 273. The maximum absolute atomic E-state index is 12.6. The number of rotatable bonds is 10. The van der Waals surface area contributed by atoms with Crippen molar-refractivity contribution < 1.29 is 8.95 Å². The van der Waals surface area contributed by atoms with Gasteiger partial charge >= 0.3 is 0 Å². The van der Waals surface area contributed by atoms with Gasteiger partial charge in [0, 0.05) is 36.3 Å². The highest BCUT2D eigenvalue weighted by atomic mass is 32.2. The van der Waals surface area contributed by atoms with Crippen LogP contribution < -0.4 is 5.32 Å². The molecular weight excluding hydrogens is 270 g/mol. The molecule has 1 saturated carbocycles. The van der Waals surface area contributed by atoms with Gasteiger partial charge in [0.2, 0.25) is 0 Å². The van der Waals surface area contributed by atoms with Crippen molar-refractivity contribution in [1.82, 2.24) is 5.32 Å². The molecule has 4 heteroatoms. The second-order valence-electron chi connectivity index (χ2n) is 6.00. The van der Waals surface area contributed by atoms with E-state index in [9.17, 15) is 4.21 Å². The molecule has 0 aliphatic heterocycles. The maximum Gasteiger partial charge on any atom is 0.0503 e. The Kier molecular flexibility index (Phi) is 9.74. The van der Waals surface area contributed by atoms with Gasteiger partial charge < -0.3 is 10.1 Å². The summed E-state index contributed by atoms with van der Waals surface area (Å²) < 4.78 is 17.7. The van der Waals surface area contributed by atoms with Crippen molar-refractivity contribution in [2.24, 2.45) is 5.92 Å². The number of hydrogen-bond donors (Lipinski definition) is 1. The lowest BCUT2D eigenvalue weighted by Gasteiger charge is -2.36. The summed E-state index contributed by atoms with van der Waals surface area (Å²) in [6.45, 7) is 6.23. The minimum absolute atomic E-state index is 0.351. The van der Waals surface area contributed by atoms with Crippen LogP contribution in [0.5, 0.6) is 0 Å². The normalized spacial score (nSPS) is 28.4. The quantitative estimate of drug-likeness (QED) is 0.630. The Morgan fingerprint density at radius 3 is 2.70 bits per heavy atom. The second-order valence-corrected chi connectivity index (χ2v) is 7.77. The van der Waals surface area contributed by atoms with Gasteiger partial charge in [-0.2, -0.15) is 0 Å². The van der Waals surface area contributed by atoms with Gasteiger partial charge in [0.15, 0.2) is 0 Å². The fourth-order valence-corrected chi connectivity index (χ4v) is 5.02. The molecule has 1 aliphatic carbocycles. The highest BCUT2D eigenvalue weighted by Crippen LogP contribution is 2.31. The number of nitrogens with one attached hydrogen (secondary N) is 1. The van der Waals surface area contributed by atoms with E-state index < -0.39 is 10.8 Å². The lowest BCUT2D eigenvalue weighted by molar-refractivity contribution is 0.199. The summed E-state index contributed by atoms with van der Waals surface area (Å²) in [4.78, 5) is 0. The Morgan fingerprint density at radius 2 is 2.05 bits per heavy atom. The van der Waals surface area contributed by atoms with Gasteiger partial charge in [-0.05, 0) is 44.6 Å². The summed E-state index contributed by atoms with van der Waals surface area (Å²) in [7, 11) is 1.01. The summed E-state index contributed by atoms with van der Waals surface area (Å²) in [5, 5.41) is 3.98. The van der Waals surface area contributed by atoms with Crippen LogP contribution in [0.4, 0.5) is 0 Å². The minimum Gasteiger partial charge on any atom is -0.385 e. The summed E-state index contributed by atoms with van der Waals surface area (Å²) >= 11 is 0. The van der Waals surface area contributed by atoms with Crippen LogP contribution in [0.15, 0.2) is 0 Å². The molecule has 4 atom stereocenters. The van der Waals surface area contributed by atoms with Gasteiger partial charge in [0.05, 0.1) is 5.25 Å². The topological polar surface area (TPSA) is 38.3 Å². The Labute approximate surface area is 127 Å². The number of ether oxygens (including phenoxy) is 1. The first-order chi connectivity index (χ1) is 9.72. The van der Waals surface area contributed by atoms with E-state index in [0.29, 0.717) is 11.3 Å². The number of hydrogen-bond acceptors (Lipinski definition) is 3. The van der Waals surface area contributed by atoms with Crippen molar-refractivity contribution in [3.8, 4) is 0 Å². The zero-order chi connectivity index (χ0) is 14.8. The van der Waals surface area contributed by atoms with Gasteiger partial charge in [-0.25, -0.2) is 0 Å². The molecule has 0 aromatic heterocycles. The Morgan fingerprint density at radius 1 is 1.25 bits per heavy atom. The summed E-state index contributed by atoms with van der Waals surface area (Å²) in [6, 6.07) is 0.464. The summed E-state index contributed by atoms with van der Waals surface area (Å²) in [5.74, 6) is 1.58. The lowest BCUT2D eigenvalue weighted by Crippen LogP contribution is -2.47. The van der Waals surface area contributed by atoms with E-state index >= 15 is 0 Å². The van der Waals surface area contributed by atoms with Crippen molar-refractivity contribution in [2.45, 2.75) is 70.1 Å². The van der Waals surface area contributed by atoms with E-state index in [2.05, 4.69) is 19.2 Å². The fourth-order valence-electron chi connectivity index (χ4n) is 3.23. The largest absolute Gasteiger partial charge is 0.385 e. The smallest absolute Gasteiger partial charge is 0.0503 e. The van der Waals surface area contributed by atoms with E-state index in [1.807, 2.05) is 0 Å². The van der Waals surface area contributed by atoms with Crippen LogP contribution in [0.25, 0.3) is 0 Å². The van der Waals surface area contributed by atoms with Crippen molar-refractivity contribution in [2.75, 3.05) is 26.0 Å². The molecule has 1 N–H and O–H groups in total. The summed E-state index contributed by atoms with van der Waals surface area (Å²) in [6.07, 6.45) is 8.27. The van der Waals surface area contributed by atoms with Gasteiger partial charge in [0.1, 0.15) is 0 Å². The highest BCUT2D eigenvalue weighted by Gasteiger charge is 2.33. The van der Waals surface area contributed by atoms with Crippen LogP contribution in [0.3, 0.4) is 0 Å². The zero-order valence-corrected chi connectivity index (χ0v) is 14.3. The molecule has 0 heterocycles. The molecule has 0 amide bonds. The van der Waals surface area contributed by atoms with E-state index in [1.54, 1.807) is 7.11 Å². The molecule has 120 valence electrons. The first-order valence-corrected chi connectivity index (χ1v) is 9.70. The van der Waals surface area contributed by atoms with Crippen molar-refractivity contribution in [3.63, 3.8) is 0 Å². The van der Waals surface area contributed by atoms with Crippen LogP contribution in [-0.2, 0) is 15.5 Å². The Hall–Kier alpha value is 0.0700. The van der Waals surface area contributed by atoms with E-state index in [0.717, 1.165) is 44.1 Å². The van der Waals surface area contributed by atoms with Gasteiger partial charge in [0.25, 0.3) is 0 Å². The molecule has 0 aromatic rings. The van der Waals surface area contributed by atoms with Crippen LogP contribution in [0.2, 0.25) is 0 Å². The standard InChI is InChI=1S/C16H33NO2S/c1-4-7-14-8-9-15(17-10-5-2)16(13-14)20(18)12-6-11-19-3/h14-17H,4-13H2,1-3H3. The van der Waals surface area contributed by atoms with E-state index in [1.165, 1.54) is 25.7 Å². The monoisotopic (exact) mass is 303 g/mol. The summed E-state index contributed by atoms with van der Waals surface area (Å²) in [5.41, 5.74) is 0. The highest BCUT2D eigenvalue weighted by molar-refractivity contribution is 7.85. The molecule has 3 nitrogen and oxygen atoms in total. The van der Waals surface area contributed by atoms with Gasteiger partial charge in [-0.15, -0.1) is 0 Å². The predicted octanol–water partition coefficient (Wildman–Crippen LogP) is 3.11. The molecule has 0 saturated heterocycles. The van der Waals surface area contributed by atoms with E-state index in [4.69, 9.17) is 4.74 Å². The third-order valence-corrected chi connectivity index (χ3v) is 6.17. The van der Waals surface area contributed by atoms with Crippen molar-refractivity contribution >= 4 is 10.8 Å². The second kappa shape index (κ2) is 10.7. The minimum atomic E-state index is -0.708. The first kappa shape index (κ1) is 18.1. The van der Waals surface area contributed by atoms with Crippen LogP contribution >= 0.6 is 0 Å². The molecule has 0 aromatic carbocycles. The van der Waals surface area contributed by atoms with Crippen molar-refractivity contribution in [1.29, 1.82) is 0 Å². The van der Waals surface area contributed by atoms with Gasteiger partial charge in [-0.3, -0.25) is 4.21 Å². The van der Waals surface area contributed by atoms with Crippen molar-refractivity contribution in [3.05, 3.63) is 0 Å². The SMILES string of the molecule is CCCNC1CCC(CCC)CC1S(=O)CCCOC. The maximum atomic E-state index is 12.6. The molecule has 0 spiro atoms. The van der Waals surface area contributed by atoms with Gasteiger partial charge in [-0.1, -0.05) is 26.7 Å². The Balaban J connectivity index is 2.53. The third-order valence-electron chi connectivity index (χ3n) is 4.29. The first-order valence-electron chi connectivity index (χ1n) is 8.32. The van der Waals surface area contributed by atoms with E-state index in [-0.39, 0.29) is 0 Å². The molecule has 0 radical (unpaired) electrons. The van der Waals surface area contributed by atoms with Crippen LogP contribution in [0, 0.1) is 5.92 Å². The third kappa shape index (κ3) is 6.23. The average molecular weight is 304 g/mol. The molecular formula is C16H33NO2S. The molecule has 1 aliphatic rings. The predicted molar refractivity (Wildman–Crippen MR) is 87.6 cm³/mol. The van der Waals surface area contributed by atoms with Crippen LogP contribution in [-0.4, -0.2) is 41.5 Å². The average Bonchev–Trinajstić information content (AvgIpc) is 2.46. The zero-order valence-electron chi connectivity index (χ0n) is 13.5. The molecule has 0 bridgehead atoms.